The Balaban J connectivity index is 2.14. The summed E-state index contributed by atoms with van der Waals surface area (Å²) >= 11 is 3.35. The van der Waals surface area contributed by atoms with Crippen LogP contribution < -0.4 is 4.90 Å². The SMILES string of the molecule is CC1CN(c2cc(Br)ncn2)CCCO1. The number of rotatable bonds is 1. The van der Waals surface area contributed by atoms with E-state index in [1.807, 2.05) is 6.07 Å². The van der Waals surface area contributed by atoms with E-state index in [1.54, 1.807) is 6.33 Å². The van der Waals surface area contributed by atoms with E-state index in [1.165, 1.54) is 0 Å². The number of aromatic nitrogens is 2. The van der Waals surface area contributed by atoms with E-state index in [-0.39, 0.29) is 6.10 Å². The Morgan fingerprint density at radius 2 is 2.40 bits per heavy atom. The maximum absolute atomic E-state index is 5.59. The fourth-order valence-electron chi connectivity index (χ4n) is 1.70. The number of nitrogens with zero attached hydrogens (tertiary/aromatic N) is 3. The van der Waals surface area contributed by atoms with Gasteiger partial charge in [-0.3, -0.25) is 0 Å². The summed E-state index contributed by atoms with van der Waals surface area (Å²) in [5.74, 6) is 0.967. The summed E-state index contributed by atoms with van der Waals surface area (Å²) in [4.78, 5) is 10.5. The highest BCUT2D eigenvalue weighted by Crippen LogP contribution is 2.17. The van der Waals surface area contributed by atoms with E-state index in [9.17, 15) is 0 Å². The van der Waals surface area contributed by atoms with Crippen LogP contribution in [0.4, 0.5) is 5.82 Å². The van der Waals surface area contributed by atoms with Gasteiger partial charge < -0.3 is 9.64 Å². The van der Waals surface area contributed by atoms with Crippen LogP contribution in [0.3, 0.4) is 0 Å². The van der Waals surface area contributed by atoms with Crippen LogP contribution in [0.15, 0.2) is 17.0 Å². The zero-order valence-electron chi connectivity index (χ0n) is 8.69. The van der Waals surface area contributed by atoms with E-state index < -0.39 is 0 Å². The number of halogens is 1. The van der Waals surface area contributed by atoms with Gasteiger partial charge in [0.05, 0.1) is 6.10 Å². The number of anilines is 1. The minimum absolute atomic E-state index is 0.265. The third kappa shape index (κ3) is 2.89. The van der Waals surface area contributed by atoms with Crippen LogP contribution in [0, 0.1) is 0 Å². The van der Waals surface area contributed by atoms with Crippen LogP contribution in [0.1, 0.15) is 13.3 Å². The van der Waals surface area contributed by atoms with Crippen molar-refractivity contribution in [3.63, 3.8) is 0 Å². The Morgan fingerprint density at radius 3 is 3.20 bits per heavy atom. The lowest BCUT2D eigenvalue weighted by atomic mass is 10.3. The second kappa shape index (κ2) is 4.90. The van der Waals surface area contributed by atoms with Crippen LogP contribution in [-0.4, -0.2) is 35.8 Å². The van der Waals surface area contributed by atoms with Gasteiger partial charge in [-0.25, -0.2) is 9.97 Å². The zero-order chi connectivity index (χ0) is 10.7. The Labute approximate surface area is 97.8 Å². The predicted octanol–water partition coefficient (Wildman–Crippen LogP) is 1.85. The normalized spacial score (nSPS) is 22.5. The molecule has 5 heteroatoms. The fraction of sp³-hybridized carbons (Fsp3) is 0.600. The average Bonchev–Trinajstić information content (AvgIpc) is 2.43. The lowest BCUT2D eigenvalue weighted by molar-refractivity contribution is 0.0820. The summed E-state index contributed by atoms with van der Waals surface area (Å²) in [6.07, 6.45) is 2.89. The van der Waals surface area contributed by atoms with Crippen LogP contribution in [-0.2, 0) is 4.74 Å². The quantitative estimate of drug-likeness (QED) is 0.731. The van der Waals surface area contributed by atoms with Crippen molar-refractivity contribution in [1.29, 1.82) is 0 Å². The van der Waals surface area contributed by atoms with Crippen molar-refractivity contribution in [1.82, 2.24) is 9.97 Å². The summed E-state index contributed by atoms with van der Waals surface area (Å²) in [7, 11) is 0. The highest BCUT2D eigenvalue weighted by molar-refractivity contribution is 9.10. The fourth-order valence-corrected chi connectivity index (χ4v) is 2.00. The van der Waals surface area contributed by atoms with Gasteiger partial charge in [-0.2, -0.15) is 0 Å². The molecule has 0 saturated carbocycles. The van der Waals surface area contributed by atoms with Crippen LogP contribution in [0.2, 0.25) is 0 Å². The number of ether oxygens (including phenoxy) is 1. The van der Waals surface area contributed by atoms with Gasteiger partial charge in [0.1, 0.15) is 16.7 Å². The van der Waals surface area contributed by atoms with Gasteiger partial charge in [-0.15, -0.1) is 0 Å². The minimum atomic E-state index is 0.265. The van der Waals surface area contributed by atoms with E-state index in [0.29, 0.717) is 0 Å². The second-order valence-electron chi connectivity index (χ2n) is 3.68. The van der Waals surface area contributed by atoms with Gasteiger partial charge in [0.25, 0.3) is 0 Å². The third-order valence-electron chi connectivity index (χ3n) is 2.40. The van der Waals surface area contributed by atoms with E-state index in [4.69, 9.17) is 4.74 Å². The molecule has 0 aliphatic carbocycles. The molecule has 1 atom stereocenters. The molecule has 2 rings (SSSR count). The van der Waals surface area contributed by atoms with E-state index in [0.717, 1.165) is 36.5 Å². The maximum Gasteiger partial charge on any atom is 0.133 e. The summed E-state index contributed by atoms with van der Waals surface area (Å²) in [5, 5.41) is 0. The van der Waals surface area contributed by atoms with Crippen molar-refractivity contribution in [2.45, 2.75) is 19.4 Å². The lowest BCUT2D eigenvalue weighted by Crippen LogP contribution is -2.30. The zero-order valence-corrected chi connectivity index (χ0v) is 10.3. The van der Waals surface area contributed by atoms with Gasteiger partial charge in [-0.05, 0) is 29.3 Å². The Bertz CT molecular complexity index is 334. The molecule has 1 aliphatic heterocycles. The first kappa shape index (κ1) is 10.8. The highest BCUT2D eigenvalue weighted by Gasteiger charge is 2.16. The molecular weight excluding hydrogens is 258 g/mol. The monoisotopic (exact) mass is 271 g/mol. The van der Waals surface area contributed by atoms with Crippen molar-refractivity contribution >= 4 is 21.7 Å². The van der Waals surface area contributed by atoms with Gasteiger partial charge in [0.2, 0.25) is 0 Å². The lowest BCUT2D eigenvalue weighted by Gasteiger charge is -2.22. The topological polar surface area (TPSA) is 38.2 Å². The third-order valence-corrected chi connectivity index (χ3v) is 2.83. The summed E-state index contributed by atoms with van der Waals surface area (Å²) < 4.78 is 6.41. The molecule has 1 saturated heterocycles. The molecule has 0 N–H and O–H groups in total. The first-order valence-electron chi connectivity index (χ1n) is 5.10. The van der Waals surface area contributed by atoms with Crippen LogP contribution in [0.25, 0.3) is 0 Å². The molecule has 1 aliphatic rings. The summed E-state index contributed by atoms with van der Waals surface area (Å²) in [6.45, 7) is 4.82. The molecule has 4 nitrogen and oxygen atoms in total. The Hall–Kier alpha value is -0.680. The minimum Gasteiger partial charge on any atom is -0.377 e. The average molecular weight is 272 g/mol. The molecule has 1 unspecified atom stereocenters. The maximum atomic E-state index is 5.59. The molecule has 1 fully saturated rings. The number of hydrogen-bond acceptors (Lipinski definition) is 4. The summed E-state index contributed by atoms with van der Waals surface area (Å²) in [6, 6.07) is 1.94. The van der Waals surface area contributed by atoms with Crippen molar-refractivity contribution in [3.05, 3.63) is 17.0 Å². The van der Waals surface area contributed by atoms with Crippen molar-refractivity contribution in [3.8, 4) is 0 Å². The predicted molar refractivity (Wildman–Crippen MR) is 62.0 cm³/mol. The molecule has 15 heavy (non-hydrogen) atoms. The Kier molecular flexibility index (Phi) is 3.53. The van der Waals surface area contributed by atoms with Crippen molar-refractivity contribution < 1.29 is 4.74 Å². The molecule has 0 amide bonds. The molecular formula is C10H14BrN3O. The number of hydrogen-bond donors (Lipinski definition) is 0. The molecule has 2 heterocycles. The molecule has 1 aromatic rings. The van der Waals surface area contributed by atoms with Gasteiger partial charge in [0.15, 0.2) is 0 Å². The standard InChI is InChI=1S/C10H14BrN3O/c1-8-6-14(3-2-4-15-8)10-5-9(11)12-7-13-10/h5,7-8H,2-4,6H2,1H3. The smallest absolute Gasteiger partial charge is 0.133 e. The molecule has 0 aromatic carbocycles. The molecule has 82 valence electrons. The molecule has 0 bridgehead atoms. The van der Waals surface area contributed by atoms with Crippen LogP contribution in [0.5, 0.6) is 0 Å². The van der Waals surface area contributed by atoms with Gasteiger partial charge >= 0.3 is 0 Å². The van der Waals surface area contributed by atoms with Gasteiger partial charge in [-0.1, -0.05) is 0 Å². The molecule has 0 radical (unpaired) electrons. The van der Waals surface area contributed by atoms with Gasteiger partial charge in [0, 0.05) is 25.8 Å². The second-order valence-corrected chi connectivity index (χ2v) is 4.49. The van der Waals surface area contributed by atoms with Crippen molar-refractivity contribution in [2.75, 3.05) is 24.6 Å². The highest BCUT2D eigenvalue weighted by atomic mass is 79.9. The Morgan fingerprint density at radius 1 is 1.53 bits per heavy atom. The van der Waals surface area contributed by atoms with Crippen LogP contribution >= 0.6 is 15.9 Å². The molecule has 1 aromatic heterocycles. The first-order chi connectivity index (χ1) is 7.25. The molecule has 0 spiro atoms. The van der Waals surface area contributed by atoms with Crippen molar-refractivity contribution in [2.24, 2.45) is 0 Å². The van der Waals surface area contributed by atoms with E-state index >= 15 is 0 Å². The summed E-state index contributed by atoms with van der Waals surface area (Å²) in [5.41, 5.74) is 0. The largest absolute Gasteiger partial charge is 0.377 e. The van der Waals surface area contributed by atoms with E-state index in [2.05, 4.69) is 37.7 Å². The first-order valence-corrected chi connectivity index (χ1v) is 5.89.